The number of amides is 1. The van der Waals surface area contributed by atoms with E-state index in [4.69, 9.17) is 4.42 Å². The third-order valence-corrected chi connectivity index (χ3v) is 3.72. The first kappa shape index (κ1) is 14.1. The molecule has 0 aliphatic carbocycles. The van der Waals surface area contributed by atoms with Crippen molar-refractivity contribution < 1.29 is 9.21 Å². The van der Waals surface area contributed by atoms with Crippen molar-refractivity contribution in [3.63, 3.8) is 0 Å². The van der Waals surface area contributed by atoms with Gasteiger partial charge in [0.15, 0.2) is 0 Å². The van der Waals surface area contributed by atoms with Gasteiger partial charge in [0.2, 0.25) is 0 Å². The number of anilines is 1. The lowest BCUT2D eigenvalue weighted by molar-refractivity contribution is 0.102. The summed E-state index contributed by atoms with van der Waals surface area (Å²) in [6, 6.07) is 15.0. The average Bonchev–Trinajstić information content (AvgIpc) is 3.23. The van der Waals surface area contributed by atoms with E-state index in [9.17, 15) is 4.79 Å². The molecule has 4 aromatic rings. The number of nitrogens with one attached hydrogen (secondary N) is 1. The molecular formula is C17H13N5O2. The SMILES string of the molecule is Cn1nccc1-c1nnc(NC(=O)c2cccc3ccccc23)o1. The van der Waals surface area contributed by atoms with Crippen molar-refractivity contribution in [1.29, 1.82) is 0 Å². The quantitative estimate of drug-likeness (QED) is 0.627. The molecule has 2 aromatic heterocycles. The molecule has 0 bridgehead atoms. The van der Waals surface area contributed by atoms with Gasteiger partial charge in [0.25, 0.3) is 11.8 Å². The lowest BCUT2D eigenvalue weighted by Crippen LogP contribution is -2.12. The van der Waals surface area contributed by atoms with Crippen molar-refractivity contribution in [2.45, 2.75) is 0 Å². The molecule has 7 nitrogen and oxygen atoms in total. The van der Waals surface area contributed by atoms with Gasteiger partial charge in [0.1, 0.15) is 5.69 Å². The monoisotopic (exact) mass is 319 g/mol. The molecule has 0 spiro atoms. The van der Waals surface area contributed by atoms with E-state index in [1.165, 1.54) is 0 Å². The van der Waals surface area contributed by atoms with E-state index in [1.807, 2.05) is 36.4 Å². The van der Waals surface area contributed by atoms with Gasteiger partial charge in [-0.05, 0) is 22.9 Å². The first-order chi connectivity index (χ1) is 11.7. The summed E-state index contributed by atoms with van der Waals surface area (Å²) in [5, 5.41) is 16.4. The number of aromatic nitrogens is 4. The van der Waals surface area contributed by atoms with Gasteiger partial charge in [-0.15, -0.1) is 5.10 Å². The number of aryl methyl sites for hydroxylation is 1. The molecule has 0 aliphatic rings. The standard InChI is InChI=1S/C17H13N5O2/c1-22-14(9-10-18-22)16-20-21-17(24-16)19-15(23)13-8-4-6-11-5-2-3-7-12(11)13/h2-10H,1H3,(H,19,21,23). The van der Waals surface area contributed by atoms with E-state index < -0.39 is 0 Å². The molecule has 0 unspecified atom stereocenters. The summed E-state index contributed by atoms with van der Waals surface area (Å²) in [6.45, 7) is 0. The molecule has 7 heteroatoms. The van der Waals surface area contributed by atoms with Crippen LogP contribution in [-0.2, 0) is 7.05 Å². The van der Waals surface area contributed by atoms with E-state index in [1.54, 1.807) is 30.1 Å². The summed E-state index contributed by atoms with van der Waals surface area (Å²) in [4.78, 5) is 12.5. The van der Waals surface area contributed by atoms with Crippen LogP contribution in [0.15, 0.2) is 59.1 Å². The van der Waals surface area contributed by atoms with Crippen molar-refractivity contribution in [3.05, 3.63) is 60.3 Å². The highest BCUT2D eigenvalue weighted by atomic mass is 16.4. The minimum atomic E-state index is -0.299. The van der Waals surface area contributed by atoms with Crippen LogP contribution >= 0.6 is 0 Å². The van der Waals surface area contributed by atoms with Gasteiger partial charge < -0.3 is 4.42 Å². The van der Waals surface area contributed by atoms with Gasteiger partial charge >= 0.3 is 6.01 Å². The van der Waals surface area contributed by atoms with Crippen molar-refractivity contribution >= 4 is 22.7 Å². The Balaban J connectivity index is 1.63. The van der Waals surface area contributed by atoms with Crippen LogP contribution < -0.4 is 5.32 Å². The molecule has 0 saturated carbocycles. The Labute approximate surface area is 136 Å². The molecule has 118 valence electrons. The van der Waals surface area contributed by atoms with Gasteiger partial charge in [-0.25, -0.2) is 0 Å². The predicted octanol–water partition coefficient (Wildman–Crippen LogP) is 2.88. The largest absolute Gasteiger partial charge is 0.401 e. The molecule has 1 amide bonds. The minimum absolute atomic E-state index is 0.0455. The number of hydrogen-bond acceptors (Lipinski definition) is 5. The number of fused-ring (bicyclic) bond motifs is 1. The fraction of sp³-hybridized carbons (Fsp3) is 0.0588. The van der Waals surface area contributed by atoms with E-state index in [0.717, 1.165) is 10.8 Å². The molecule has 2 aromatic carbocycles. The zero-order chi connectivity index (χ0) is 16.5. The molecule has 0 atom stereocenters. The Hall–Kier alpha value is -3.48. The second-order valence-corrected chi connectivity index (χ2v) is 5.23. The molecule has 0 radical (unpaired) electrons. The van der Waals surface area contributed by atoms with E-state index in [2.05, 4.69) is 20.6 Å². The highest BCUT2D eigenvalue weighted by Gasteiger charge is 2.16. The fourth-order valence-electron chi connectivity index (χ4n) is 2.55. The summed E-state index contributed by atoms with van der Waals surface area (Å²) in [7, 11) is 1.77. The van der Waals surface area contributed by atoms with Gasteiger partial charge in [0.05, 0.1) is 0 Å². The van der Waals surface area contributed by atoms with Crippen molar-refractivity contribution in [2.24, 2.45) is 7.05 Å². The first-order valence-electron chi connectivity index (χ1n) is 7.33. The van der Waals surface area contributed by atoms with E-state index in [0.29, 0.717) is 17.1 Å². The van der Waals surface area contributed by atoms with Crippen LogP contribution in [-0.4, -0.2) is 25.9 Å². The Morgan fingerprint density at radius 2 is 1.92 bits per heavy atom. The second kappa shape index (κ2) is 5.62. The van der Waals surface area contributed by atoms with Gasteiger partial charge in [-0.2, -0.15) is 5.10 Å². The maximum absolute atomic E-state index is 12.5. The fourth-order valence-corrected chi connectivity index (χ4v) is 2.55. The van der Waals surface area contributed by atoms with Gasteiger partial charge in [-0.1, -0.05) is 41.5 Å². The summed E-state index contributed by atoms with van der Waals surface area (Å²) >= 11 is 0. The predicted molar refractivity (Wildman–Crippen MR) is 88.4 cm³/mol. The average molecular weight is 319 g/mol. The van der Waals surface area contributed by atoms with Gasteiger partial charge in [-0.3, -0.25) is 14.8 Å². The number of hydrogen-bond donors (Lipinski definition) is 1. The molecule has 1 N–H and O–H groups in total. The van der Waals surface area contributed by atoms with Crippen LogP contribution in [0.25, 0.3) is 22.4 Å². The van der Waals surface area contributed by atoms with Crippen LogP contribution in [0.4, 0.5) is 6.01 Å². The smallest absolute Gasteiger partial charge is 0.322 e. The number of benzene rings is 2. The van der Waals surface area contributed by atoms with Crippen molar-refractivity contribution in [3.8, 4) is 11.6 Å². The highest BCUT2D eigenvalue weighted by molar-refractivity contribution is 6.12. The number of carbonyl (C=O) groups excluding carboxylic acids is 1. The van der Waals surface area contributed by atoms with Crippen LogP contribution in [0.1, 0.15) is 10.4 Å². The van der Waals surface area contributed by atoms with E-state index in [-0.39, 0.29) is 11.9 Å². The lowest BCUT2D eigenvalue weighted by Gasteiger charge is -2.05. The minimum Gasteiger partial charge on any atom is -0.401 e. The molecule has 0 aliphatic heterocycles. The first-order valence-corrected chi connectivity index (χ1v) is 7.33. The lowest BCUT2D eigenvalue weighted by atomic mass is 10.0. The van der Waals surface area contributed by atoms with Crippen LogP contribution in [0.3, 0.4) is 0 Å². The summed E-state index contributed by atoms with van der Waals surface area (Å²) in [6.07, 6.45) is 1.63. The van der Waals surface area contributed by atoms with Crippen molar-refractivity contribution in [1.82, 2.24) is 20.0 Å². The summed E-state index contributed by atoms with van der Waals surface area (Å²) < 4.78 is 7.11. The molecule has 0 saturated heterocycles. The van der Waals surface area contributed by atoms with E-state index >= 15 is 0 Å². The van der Waals surface area contributed by atoms with Crippen LogP contribution in [0.2, 0.25) is 0 Å². The zero-order valence-electron chi connectivity index (χ0n) is 12.8. The maximum Gasteiger partial charge on any atom is 0.322 e. The second-order valence-electron chi connectivity index (χ2n) is 5.23. The summed E-state index contributed by atoms with van der Waals surface area (Å²) in [5.41, 5.74) is 1.22. The number of nitrogens with zero attached hydrogens (tertiary/aromatic N) is 4. The number of rotatable bonds is 3. The Morgan fingerprint density at radius 1 is 1.08 bits per heavy atom. The topological polar surface area (TPSA) is 85.8 Å². The van der Waals surface area contributed by atoms with Crippen LogP contribution in [0, 0.1) is 0 Å². The highest BCUT2D eigenvalue weighted by Crippen LogP contribution is 2.21. The zero-order valence-corrected chi connectivity index (χ0v) is 12.8. The normalized spacial score (nSPS) is 10.9. The molecule has 24 heavy (non-hydrogen) atoms. The maximum atomic E-state index is 12.5. The molecule has 2 heterocycles. The Bertz CT molecular complexity index is 1030. The third kappa shape index (κ3) is 2.41. The summed E-state index contributed by atoms with van der Waals surface area (Å²) in [5.74, 6) is -0.00442. The third-order valence-electron chi connectivity index (χ3n) is 3.72. The molecule has 0 fully saturated rings. The Morgan fingerprint density at radius 3 is 2.75 bits per heavy atom. The number of carbonyl (C=O) groups is 1. The molecule has 4 rings (SSSR count). The molecular weight excluding hydrogens is 306 g/mol. The van der Waals surface area contributed by atoms with Crippen LogP contribution in [0.5, 0.6) is 0 Å². The Kier molecular flexibility index (Phi) is 3.31. The van der Waals surface area contributed by atoms with Crippen molar-refractivity contribution in [2.75, 3.05) is 5.32 Å². The van der Waals surface area contributed by atoms with Gasteiger partial charge in [0, 0.05) is 18.8 Å².